The molecule has 2 atom stereocenters. The van der Waals surface area contributed by atoms with E-state index in [2.05, 4.69) is 10.6 Å². The number of carboxylic acid groups (broad SMARTS) is 1. The monoisotopic (exact) mass is 272 g/mol. The van der Waals surface area contributed by atoms with E-state index in [4.69, 9.17) is 9.84 Å². The van der Waals surface area contributed by atoms with E-state index in [1.165, 1.54) is 0 Å². The van der Waals surface area contributed by atoms with Gasteiger partial charge in [-0.05, 0) is 25.2 Å². The molecule has 1 saturated carbocycles. The van der Waals surface area contributed by atoms with Gasteiger partial charge in [0.25, 0.3) is 0 Å². The van der Waals surface area contributed by atoms with Gasteiger partial charge in [-0.2, -0.15) is 0 Å². The fourth-order valence-electron chi connectivity index (χ4n) is 2.14. The van der Waals surface area contributed by atoms with Crippen molar-refractivity contribution in [3.05, 3.63) is 0 Å². The first-order valence-electron chi connectivity index (χ1n) is 6.76. The van der Waals surface area contributed by atoms with Crippen LogP contribution in [-0.4, -0.2) is 42.4 Å². The fourth-order valence-corrected chi connectivity index (χ4v) is 2.14. The van der Waals surface area contributed by atoms with Crippen LogP contribution in [0.2, 0.25) is 0 Å². The summed E-state index contributed by atoms with van der Waals surface area (Å²) < 4.78 is 5.39. The lowest BCUT2D eigenvalue weighted by atomic mass is 9.80. The van der Waals surface area contributed by atoms with Crippen molar-refractivity contribution in [2.75, 3.05) is 13.7 Å². The van der Waals surface area contributed by atoms with E-state index in [0.29, 0.717) is 13.0 Å². The molecule has 0 saturated heterocycles. The van der Waals surface area contributed by atoms with Crippen LogP contribution in [0.1, 0.15) is 39.5 Å². The second kappa shape index (κ2) is 6.75. The van der Waals surface area contributed by atoms with E-state index in [0.717, 1.165) is 19.3 Å². The molecule has 0 aromatic rings. The van der Waals surface area contributed by atoms with E-state index in [1.54, 1.807) is 7.11 Å². The molecule has 0 spiro atoms. The number of nitrogens with one attached hydrogen (secondary N) is 2. The van der Waals surface area contributed by atoms with Crippen molar-refractivity contribution in [2.45, 2.75) is 51.2 Å². The van der Waals surface area contributed by atoms with Crippen LogP contribution in [0.4, 0.5) is 4.79 Å². The summed E-state index contributed by atoms with van der Waals surface area (Å²) in [7, 11) is 1.64. The average Bonchev–Trinajstić information content (AvgIpc) is 2.34. The second-order valence-electron chi connectivity index (χ2n) is 5.27. The van der Waals surface area contributed by atoms with Gasteiger partial charge in [-0.25, -0.2) is 9.59 Å². The van der Waals surface area contributed by atoms with Gasteiger partial charge in [0, 0.05) is 13.7 Å². The van der Waals surface area contributed by atoms with E-state index in [1.807, 2.05) is 13.8 Å². The molecule has 6 nitrogen and oxygen atoms in total. The number of ether oxygens (including phenoxy) is 1. The molecular formula is C13H24N2O4. The first-order chi connectivity index (χ1) is 8.94. The minimum absolute atomic E-state index is 0.108. The van der Waals surface area contributed by atoms with Gasteiger partial charge >= 0.3 is 12.0 Å². The third-order valence-corrected chi connectivity index (χ3v) is 4.03. The molecule has 1 fully saturated rings. The molecule has 3 N–H and O–H groups in total. The van der Waals surface area contributed by atoms with Gasteiger partial charge in [0.1, 0.15) is 6.04 Å². The number of hydrogen-bond acceptors (Lipinski definition) is 3. The van der Waals surface area contributed by atoms with Crippen molar-refractivity contribution in [1.82, 2.24) is 10.6 Å². The molecule has 110 valence electrons. The summed E-state index contributed by atoms with van der Waals surface area (Å²) >= 11 is 0. The van der Waals surface area contributed by atoms with Crippen molar-refractivity contribution in [3.63, 3.8) is 0 Å². The summed E-state index contributed by atoms with van der Waals surface area (Å²) in [6.07, 6.45) is 3.65. The summed E-state index contributed by atoms with van der Waals surface area (Å²) in [4.78, 5) is 22.8. The van der Waals surface area contributed by atoms with Crippen molar-refractivity contribution < 1.29 is 19.4 Å². The van der Waals surface area contributed by atoms with E-state index in [-0.39, 0.29) is 11.5 Å². The van der Waals surface area contributed by atoms with Crippen LogP contribution in [0.25, 0.3) is 0 Å². The standard InChI is InChI=1S/C13H24N2O4/c1-4-9(2)10(11(16)17)15-12(18)14-8-13(19-3)6-5-7-13/h9-10H,4-8H2,1-3H3,(H,16,17)(H2,14,15,18). The Kier molecular flexibility index (Phi) is 5.60. The number of carbonyl (C=O) groups is 2. The largest absolute Gasteiger partial charge is 0.480 e. The zero-order valence-electron chi connectivity index (χ0n) is 11.9. The normalized spacial score (nSPS) is 19.9. The molecule has 0 aromatic carbocycles. The lowest BCUT2D eigenvalue weighted by Gasteiger charge is -2.40. The van der Waals surface area contributed by atoms with Crippen LogP contribution in [0.15, 0.2) is 0 Å². The molecule has 2 amide bonds. The smallest absolute Gasteiger partial charge is 0.326 e. The number of rotatable bonds is 7. The van der Waals surface area contributed by atoms with Gasteiger partial charge in [0.15, 0.2) is 0 Å². The molecule has 0 bridgehead atoms. The topological polar surface area (TPSA) is 87.7 Å². The van der Waals surface area contributed by atoms with Crippen LogP contribution < -0.4 is 10.6 Å². The van der Waals surface area contributed by atoms with Gasteiger partial charge in [-0.3, -0.25) is 0 Å². The lowest BCUT2D eigenvalue weighted by molar-refractivity contribution is -0.140. The third kappa shape index (κ3) is 4.09. The van der Waals surface area contributed by atoms with E-state index < -0.39 is 18.0 Å². The van der Waals surface area contributed by atoms with Crippen molar-refractivity contribution in [1.29, 1.82) is 0 Å². The molecule has 0 heterocycles. The predicted octanol–water partition coefficient (Wildman–Crippen LogP) is 1.35. The molecule has 19 heavy (non-hydrogen) atoms. The van der Waals surface area contributed by atoms with Crippen LogP contribution in [0.3, 0.4) is 0 Å². The highest BCUT2D eigenvalue weighted by atomic mass is 16.5. The average molecular weight is 272 g/mol. The number of methoxy groups -OCH3 is 1. The van der Waals surface area contributed by atoms with E-state index in [9.17, 15) is 9.59 Å². The molecule has 1 aliphatic carbocycles. The van der Waals surface area contributed by atoms with Gasteiger partial charge in [0.05, 0.1) is 5.60 Å². The fraction of sp³-hybridized carbons (Fsp3) is 0.846. The molecule has 2 unspecified atom stereocenters. The summed E-state index contributed by atoms with van der Waals surface area (Å²) in [5.41, 5.74) is -0.258. The minimum atomic E-state index is -1.01. The van der Waals surface area contributed by atoms with Gasteiger partial charge in [-0.1, -0.05) is 20.3 Å². The Hall–Kier alpha value is -1.30. The molecule has 0 aliphatic heterocycles. The maximum Gasteiger partial charge on any atom is 0.326 e. The summed E-state index contributed by atoms with van der Waals surface area (Å²) in [5, 5.41) is 14.3. The third-order valence-electron chi connectivity index (χ3n) is 4.03. The van der Waals surface area contributed by atoms with E-state index >= 15 is 0 Å². The maximum absolute atomic E-state index is 11.7. The van der Waals surface area contributed by atoms with Crippen molar-refractivity contribution in [2.24, 2.45) is 5.92 Å². The highest BCUT2D eigenvalue weighted by Crippen LogP contribution is 2.34. The Morgan fingerprint density at radius 1 is 1.42 bits per heavy atom. The summed E-state index contributed by atoms with van der Waals surface area (Å²) in [6, 6.07) is -1.30. The summed E-state index contributed by atoms with van der Waals surface area (Å²) in [5.74, 6) is -1.11. The van der Waals surface area contributed by atoms with Gasteiger partial charge in [0.2, 0.25) is 0 Å². The van der Waals surface area contributed by atoms with Crippen molar-refractivity contribution in [3.8, 4) is 0 Å². The highest BCUT2D eigenvalue weighted by molar-refractivity contribution is 5.82. The molecule has 1 aliphatic rings. The first-order valence-corrected chi connectivity index (χ1v) is 6.76. The molecule has 1 rings (SSSR count). The number of urea groups is 1. The zero-order valence-corrected chi connectivity index (χ0v) is 11.9. The van der Waals surface area contributed by atoms with Gasteiger partial charge < -0.3 is 20.5 Å². The molecule has 0 radical (unpaired) electrons. The van der Waals surface area contributed by atoms with Crippen LogP contribution in [0.5, 0.6) is 0 Å². The predicted molar refractivity (Wildman–Crippen MR) is 71.0 cm³/mol. The Labute approximate surface area is 113 Å². The molecule has 0 aromatic heterocycles. The highest BCUT2D eigenvalue weighted by Gasteiger charge is 2.37. The Morgan fingerprint density at radius 3 is 2.42 bits per heavy atom. The summed E-state index contributed by atoms with van der Waals surface area (Å²) in [6.45, 7) is 4.12. The van der Waals surface area contributed by atoms with Gasteiger partial charge in [-0.15, -0.1) is 0 Å². The minimum Gasteiger partial charge on any atom is -0.480 e. The second-order valence-corrected chi connectivity index (χ2v) is 5.27. The Balaban J connectivity index is 2.42. The molecular weight excluding hydrogens is 248 g/mol. The maximum atomic E-state index is 11.7. The number of carbonyl (C=O) groups excluding carboxylic acids is 1. The number of hydrogen-bond donors (Lipinski definition) is 3. The van der Waals surface area contributed by atoms with Crippen LogP contribution in [0, 0.1) is 5.92 Å². The number of amides is 2. The van der Waals surface area contributed by atoms with Crippen LogP contribution in [-0.2, 0) is 9.53 Å². The quantitative estimate of drug-likeness (QED) is 0.653. The molecule has 6 heteroatoms. The Bertz CT molecular complexity index is 323. The number of carboxylic acids is 1. The zero-order chi connectivity index (χ0) is 14.5. The van der Waals surface area contributed by atoms with Crippen molar-refractivity contribution >= 4 is 12.0 Å². The SMILES string of the molecule is CCC(C)C(NC(=O)NCC1(OC)CCC1)C(=O)O. The lowest BCUT2D eigenvalue weighted by Crippen LogP contribution is -2.54. The first kappa shape index (κ1) is 15.8. The number of aliphatic carboxylic acids is 1. The van der Waals surface area contributed by atoms with Crippen LogP contribution >= 0.6 is 0 Å². The Morgan fingerprint density at radius 2 is 2.05 bits per heavy atom.